The fraction of sp³-hybridized carbons (Fsp3) is 0.172. The van der Waals surface area contributed by atoms with Crippen molar-refractivity contribution in [2.45, 2.75) is 31.8 Å². The zero-order valence-electron chi connectivity index (χ0n) is 21.3. The first-order chi connectivity index (χ1) is 18.9. The molecule has 39 heavy (non-hydrogen) atoms. The highest BCUT2D eigenvalue weighted by Crippen LogP contribution is 2.28. The van der Waals surface area contributed by atoms with Gasteiger partial charge in [0, 0.05) is 11.4 Å². The third kappa shape index (κ3) is 5.59. The third-order valence-corrected chi connectivity index (χ3v) is 8.56. The molecular formula is C29H25FN4O2S3. The number of nitrogens with zero attached hydrogens (tertiary/aromatic N) is 3. The van der Waals surface area contributed by atoms with Gasteiger partial charge in [0.05, 0.1) is 11.4 Å². The number of aromatic nitrogens is 3. The molecule has 0 bridgehead atoms. The van der Waals surface area contributed by atoms with E-state index in [0.717, 1.165) is 41.5 Å². The monoisotopic (exact) mass is 576 g/mol. The Bertz CT molecular complexity index is 1770. The lowest BCUT2D eigenvalue weighted by atomic mass is 10.1. The second-order valence-electron chi connectivity index (χ2n) is 8.74. The van der Waals surface area contributed by atoms with E-state index in [9.17, 15) is 14.0 Å². The van der Waals surface area contributed by atoms with E-state index in [1.807, 2.05) is 55.5 Å². The molecule has 6 nitrogen and oxygen atoms in total. The number of anilines is 1. The minimum Gasteiger partial charge on any atom is -0.325 e. The minimum absolute atomic E-state index is 0.0211. The van der Waals surface area contributed by atoms with Gasteiger partial charge in [-0.2, -0.15) is 0 Å². The topological polar surface area (TPSA) is 68.9 Å². The molecule has 0 saturated heterocycles. The van der Waals surface area contributed by atoms with Crippen LogP contribution in [0.1, 0.15) is 25.0 Å². The Hall–Kier alpha value is -3.60. The average molecular weight is 577 g/mol. The van der Waals surface area contributed by atoms with Gasteiger partial charge in [-0.3, -0.25) is 18.7 Å². The number of rotatable bonds is 8. The second-order valence-corrected chi connectivity index (χ2v) is 11.3. The Morgan fingerprint density at radius 2 is 1.64 bits per heavy atom. The second kappa shape index (κ2) is 11.6. The van der Waals surface area contributed by atoms with Crippen LogP contribution in [0.5, 0.6) is 0 Å². The van der Waals surface area contributed by atoms with E-state index < -0.39 is 5.82 Å². The molecule has 0 aliphatic carbocycles. The summed E-state index contributed by atoms with van der Waals surface area (Å²) in [6, 6.07) is 21.2. The van der Waals surface area contributed by atoms with Crippen molar-refractivity contribution in [1.29, 1.82) is 0 Å². The molecule has 0 saturated carbocycles. The number of thioether (sulfide) groups is 1. The van der Waals surface area contributed by atoms with Crippen molar-refractivity contribution in [3.63, 3.8) is 0 Å². The van der Waals surface area contributed by atoms with Crippen molar-refractivity contribution >= 4 is 57.3 Å². The van der Waals surface area contributed by atoms with Crippen LogP contribution in [-0.2, 0) is 17.6 Å². The van der Waals surface area contributed by atoms with Crippen LogP contribution in [0.3, 0.4) is 0 Å². The Kier molecular flexibility index (Phi) is 8.06. The molecule has 0 fully saturated rings. The summed E-state index contributed by atoms with van der Waals surface area (Å²) in [5, 5.41) is 3.27. The molecule has 0 atom stereocenters. The Balaban J connectivity index is 1.58. The van der Waals surface area contributed by atoms with Crippen molar-refractivity contribution in [3.8, 4) is 11.4 Å². The van der Waals surface area contributed by atoms with Crippen molar-refractivity contribution in [2.75, 3.05) is 11.1 Å². The zero-order valence-corrected chi connectivity index (χ0v) is 23.8. The van der Waals surface area contributed by atoms with E-state index in [2.05, 4.69) is 12.2 Å². The molecule has 10 heteroatoms. The molecule has 2 aromatic heterocycles. The van der Waals surface area contributed by atoms with Crippen LogP contribution in [0.2, 0.25) is 0 Å². The summed E-state index contributed by atoms with van der Waals surface area (Å²) in [5.41, 5.74) is 4.33. The minimum atomic E-state index is -0.415. The fourth-order valence-corrected chi connectivity index (χ4v) is 6.33. The van der Waals surface area contributed by atoms with Gasteiger partial charge in [-0.15, -0.1) is 0 Å². The molecule has 0 unspecified atom stereocenters. The first-order valence-corrected chi connectivity index (χ1v) is 14.6. The SMILES string of the molecule is CCc1ccc(-n2c(=S)sc3c(=O)n(-c4ccc(F)cc4)c(SCC(=O)Nc4ccccc4CC)nc32)cc1. The number of carbonyl (C=O) groups excluding carboxylic acids is 1. The number of carbonyl (C=O) groups is 1. The van der Waals surface area contributed by atoms with Crippen LogP contribution in [-0.4, -0.2) is 25.8 Å². The van der Waals surface area contributed by atoms with Gasteiger partial charge in [-0.25, -0.2) is 9.37 Å². The van der Waals surface area contributed by atoms with Crippen molar-refractivity contribution in [2.24, 2.45) is 0 Å². The van der Waals surface area contributed by atoms with Crippen LogP contribution in [0.4, 0.5) is 10.1 Å². The number of halogens is 1. The standard InChI is InChI=1S/C29H25FN4O2S3/c1-3-18-9-13-21(14-10-18)33-26-25(39-29(33)37)27(36)34(22-15-11-20(30)12-16-22)28(32-26)38-17-24(35)31-23-8-6-5-7-19(23)4-2/h5-16H,3-4,17H2,1-2H3,(H,31,35). The van der Waals surface area contributed by atoms with Crippen LogP contribution in [0.25, 0.3) is 21.7 Å². The van der Waals surface area contributed by atoms with Crippen LogP contribution in [0.15, 0.2) is 82.7 Å². The zero-order chi connectivity index (χ0) is 27.5. The van der Waals surface area contributed by atoms with Gasteiger partial charge in [0.2, 0.25) is 5.91 Å². The lowest BCUT2D eigenvalue weighted by molar-refractivity contribution is -0.113. The number of hydrogen-bond donors (Lipinski definition) is 1. The van der Waals surface area contributed by atoms with Crippen LogP contribution >= 0.6 is 35.3 Å². The number of nitrogens with one attached hydrogen (secondary N) is 1. The summed E-state index contributed by atoms with van der Waals surface area (Å²) in [5.74, 6) is -0.618. The smallest absolute Gasteiger partial charge is 0.278 e. The molecule has 5 aromatic rings. The first-order valence-electron chi connectivity index (χ1n) is 12.4. The number of thiazole rings is 1. The summed E-state index contributed by atoms with van der Waals surface area (Å²) >= 11 is 7.97. The lowest BCUT2D eigenvalue weighted by Gasteiger charge is -2.14. The van der Waals surface area contributed by atoms with E-state index in [4.69, 9.17) is 17.2 Å². The normalized spacial score (nSPS) is 11.2. The molecule has 0 aliphatic heterocycles. The van der Waals surface area contributed by atoms with Gasteiger partial charge in [0.15, 0.2) is 14.8 Å². The largest absolute Gasteiger partial charge is 0.325 e. The van der Waals surface area contributed by atoms with Gasteiger partial charge < -0.3 is 5.32 Å². The number of amides is 1. The molecule has 0 spiro atoms. The van der Waals surface area contributed by atoms with Gasteiger partial charge in [-0.1, -0.05) is 67.3 Å². The van der Waals surface area contributed by atoms with Gasteiger partial charge >= 0.3 is 0 Å². The fourth-order valence-electron chi connectivity index (χ4n) is 4.23. The summed E-state index contributed by atoms with van der Waals surface area (Å²) in [7, 11) is 0. The molecule has 2 heterocycles. The molecule has 1 amide bonds. The van der Waals surface area contributed by atoms with Gasteiger partial charge in [0.25, 0.3) is 5.56 Å². The quantitative estimate of drug-likeness (QED) is 0.123. The molecule has 198 valence electrons. The lowest BCUT2D eigenvalue weighted by Crippen LogP contribution is -2.23. The molecule has 0 radical (unpaired) electrons. The third-order valence-electron chi connectivity index (χ3n) is 6.27. The number of fused-ring (bicyclic) bond motifs is 1. The highest BCUT2D eigenvalue weighted by atomic mass is 32.2. The Morgan fingerprint density at radius 1 is 0.974 bits per heavy atom. The summed E-state index contributed by atoms with van der Waals surface area (Å²) in [6.07, 6.45) is 1.69. The Labute approximate surface area is 238 Å². The maximum absolute atomic E-state index is 13.8. The van der Waals surface area contributed by atoms with E-state index in [0.29, 0.717) is 25.1 Å². The number of para-hydroxylation sites is 1. The van der Waals surface area contributed by atoms with Crippen molar-refractivity contribution in [1.82, 2.24) is 14.1 Å². The maximum Gasteiger partial charge on any atom is 0.278 e. The van der Waals surface area contributed by atoms with Crippen LogP contribution < -0.4 is 10.9 Å². The van der Waals surface area contributed by atoms with Gasteiger partial charge in [-0.05, 0) is 78.7 Å². The maximum atomic E-state index is 13.8. The number of aryl methyl sites for hydroxylation is 2. The van der Waals surface area contributed by atoms with Gasteiger partial charge in [0.1, 0.15) is 10.5 Å². The molecule has 1 N–H and O–H groups in total. The summed E-state index contributed by atoms with van der Waals surface area (Å²) < 4.78 is 17.8. The predicted octanol–water partition coefficient (Wildman–Crippen LogP) is 6.96. The average Bonchev–Trinajstić information content (AvgIpc) is 3.29. The van der Waals surface area contributed by atoms with E-state index in [1.165, 1.54) is 45.7 Å². The van der Waals surface area contributed by atoms with Crippen molar-refractivity contribution < 1.29 is 9.18 Å². The predicted molar refractivity (Wildman–Crippen MR) is 160 cm³/mol. The Morgan fingerprint density at radius 3 is 2.33 bits per heavy atom. The molecule has 5 rings (SSSR count). The first kappa shape index (κ1) is 27.0. The number of hydrogen-bond acceptors (Lipinski definition) is 6. The van der Waals surface area contributed by atoms with Crippen LogP contribution in [0, 0.1) is 9.77 Å². The molecule has 3 aromatic carbocycles. The van der Waals surface area contributed by atoms with Crippen molar-refractivity contribution in [3.05, 3.63) is 104 Å². The number of benzene rings is 3. The highest BCUT2D eigenvalue weighted by molar-refractivity contribution is 7.99. The van der Waals surface area contributed by atoms with E-state index >= 15 is 0 Å². The molecular weight excluding hydrogens is 552 g/mol. The summed E-state index contributed by atoms with van der Waals surface area (Å²) in [6.45, 7) is 4.11. The van der Waals surface area contributed by atoms with E-state index in [1.54, 1.807) is 4.57 Å². The molecule has 0 aliphatic rings. The summed E-state index contributed by atoms with van der Waals surface area (Å²) in [4.78, 5) is 31.6. The highest BCUT2D eigenvalue weighted by Gasteiger charge is 2.20. The van der Waals surface area contributed by atoms with E-state index in [-0.39, 0.29) is 17.2 Å².